The van der Waals surface area contributed by atoms with E-state index in [4.69, 9.17) is 9.47 Å². The topological polar surface area (TPSA) is 18.5 Å². The summed E-state index contributed by atoms with van der Waals surface area (Å²) in [5.74, 6) is 0.499. The second kappa shape index (κ2) is 5.30. The number of ether oxygens (including phenoxy) is 2. The lowest BCUT2D eigenvalue weighted by atomic mass is 10.1. The van der Waals surface area contributed by atoms with Crippen molar-refractivity contribution in [3.8, 4) is 5.75 Å². The molecule has 0 unspecified atom stereocenters. The first kappa shape index (κ1) is 11.4. The van der Waals surface area contributed by atoms with E-state index in [-0.39, 0.29) is 5.82 Å². The first-order valence-corrected chi connectivity index (χ1v) is 5.83. The Balaban J connectivity index is 1.97. The van der Waals surface area contributed by atoms with Crippen LogP contribution in [0.5, 0.6) is 5.75 Å². The molecule has 1 aromatic rings. The summed E-state index contributed by atoms with van der Waals surface area (Å²) in [6, 6.07) is 3.44. The number of benzene rings is 1. The first-order chi connectivity index (χ1) is 7.81. The molecule has 0 atom stereocenters. The molecular weight excluding hydrogens is 207 g/mol. The van der Waals surface area contributed by atoms with E-state index in [2.05, 4.69) is 0 Å². The summed E-state index contributed by atoms with van der Waals surface area (Å²) < 4.78 is 24.2. The second-order valence-corrected chi connectivity index (χ2v) is 3.94. The molecular formula is C13H17FO2. The van der Waals surface area contributed by atoms with Gasteiger partial charge in [0.15, 0.2) is 0 Å². The molecule has 1 aliphatic rings. The molecule has 0 spiro atoms. The quantitative estimate of drug-likeness (QED) is 0.716. The molecule has 0 radical (unpaired) electrons. The molecule has 0 aromatic heterocycles. The molecule has 0 fully saturated rings. The van der Waals surface area contributed by atoms with Crippen molar-refractivity contribution in [2.45, 2.75) is 26.2 Å². The van der Waals surface area contributed by atoms with Crippen LogP contribution in [0, 0.1) is 5.82 Å². The van der Waals surface area contributed by atoms with Crippen LogP contribution in [0.3, 0.4) is 0 Å². The van der Waals surface area contributed by atoms with Crippen LogP contribution in [0.4, 0.5) is 4.39 Å². The summed E-state index contributed by atoms with van der Waals surface area (Å²) in [6.45, 7) is 3.65. The van der Waals surface area contributed by atoms with Gasteiger partial charge in [0.1, 0.15) is 18.2 Å². The number of aryl methyl sites for hydroxylation is 1. The largest absolute Gasteiger partial charge is 0.491 e. The van der Waals surface area contributed by atoms with Gasteiger partial charge in [-0.15, -0.1) is 0 Å². The van der Waals surface area contributed by atoms with Gasteiger partial charge in [0.25, 0.3) is 0 Å². The van der Waals surface area contributed by atoms with Crippen LogP contribution < -0.4 is 4.74 Å². The van der Waals surface area contributed by atoms with Gasteiger partial charge in [-0.05, 0) is 43.4 Å². The van der Waals surface area contributed by atoms with Crippen molar-refractivity contribution >= 4 is 0 Å². The van der Waals surface area contributed by atoms with E-state index < -0.39 is 0 Å². The molecule has 1 aromatic carbocycles. The summed E-state index contributed by atoms with van der Waals surface area (Å²) in [6.07, 6.45) is 2.88. The number of fused-ring (bicyclic) bond motifs is 1. The zero-order valence-electron chi connectivity index (χ0n) is 9.59. The second-order valence-electron chi connectivity index (χ2n) is 3.94. The molecule has 16 heavy (non-hydrogen) atoms. The minimum Gasteiger partial charge on any atom is -0.491 e. The summed E-state index contributed by atoms with van der Waals surface area (Å²) in [7, 11) is 0. The fraction of sp³-hybridized carbons (Fsp3) is 0.538. The summed E-state index contributed by atoms with van der Waals surface area (Å²) in [5, 5.41) is 0. The molecule has 2 rings (SSSR count). The highest BCUT2D eigenvalue weighted by molar-refractivity contribution is 5.39. The van der Waals surface area contributed by atoms with E-state index in [0.717, 1.165) is 30.4 Å². The average Bonchev–Trinajstić information content (AvgIpc) is 2.73. The minimum atomic E-state index is -0.124. The fourth-order valence-electron chi connectivity index (χ4n) is 2.07. The molecule has 0 heterocycles. The number of hydrogen-bond acceptors (Lipinski definition) is 2. The third-order valence-corrected chi connectivity index (χ3v) is 2.83. The van der Waals surface area contributed by atoms with E-state index in [9.17, 15) is 4.39 Å². The predicted octanol–water partition coefficient (Wildman–Crippen LogP) is 2.73. The minimum absolute atomic E-state index is 0.124. The van der Waals surface area contributed by atoms with Crippen LogP contribution in [-0.4, -0.2) is 19.8 Å². The SMILES string of the molecule is CCOCCOc1cc(F)c2c(c1)CCC2. The van der Waals surface area contributed by atoms with Gasteiger partial charge in [-0.25, -0.2) is 4.39 Å². The predicted molar refractivity (Wildman–Crippen MR) is 60.4 cm³/mol. The van der Waals surface area contributed by atoms with Gasteiger partial charge in [-0.1, -0.05) is 0 Å². The van der Waals surface area contributed by atoms with Gasteiger partial charge in [0.2, 0.25) is 0 Å². The monoisotopic (exact) mass is 224 g/mol. The molecule has 0 N–H and O–H groups in total. The van der Waals surface area contributed by atoms with E-state index in [1.165, 1.54) is 6.07 Å². The molecule has 0 saturated carbocycles. The third-order valence-electron chi connectivity index (χ3n) is 2.83. The van der Waals surface area contributed by atoms with Gasteiger partial charge in [0.05, 0.1) is 6.61 Å². The van der Waals surface area contributed by atoms with Gasteiger partial charge in [0, 0.05) is 12.7 Å². The molecule has 88 valence electrons. The average molecular weight is 224 g/mol. The Morgan fingerprint density at radius 2 is 2.12 bits per heavy atom. The summed E-state index contributed by atoms with van der Waals surface area (Å²) >= 11 is 0. The highest BCUT2D eigenvalue weighted by Crippen LogP contribution is 2.28. The zero-order valence-corrected chi connectivity index (χ0v) is 9.59. The van der Waals surface area contributed by atoms with Crippen molar-refractivity contribution in [2.24, 2.45) is 0 Å². The number of halogens is 1. The lowest BCUT2D eigenvalue weighted by Crippen LogP contribution is -2.06. The fourth-order valence-corrected chi connectivity index (χ4v) is 2.07. The van der Waals surface area contributed by atoms with Gasteiger partial charge < -0.3 is 9.47 Å². The smallest absolute Gasteiger partial charge is 0.130 e. The van der Waals surface area contributed by atoms with Crippen molar-refractivity contribution < 1.29 is 13.9 Å². The third kappa shape index (κ3) is 2.53. The van der Waals surface area contributed by atoms with Crippen LogP contribution in [0.25, 0.3) is 0 Å². The normalized spacial score (nSPS) is 13.9. The molecule has 0 aliphatic heterocycles. The van der Waals surface area contributed by atoms with Crippen LogP contribution in [0.1, 0.15) is 24.5 Å². The Labute approximate surface area is 95.4 Å². The van der Waals surface area contributed by atoms with Crippen molar-refractivity contribution in [3.05, 3.63) is 29.1 Å². The Morgan fingerprint density at radius 1 is 1.25 bits per heavy atom. The maximum atomic E-state index is 13.6. The maximum Gasteiger partial charge on any atom is 0.130 e. The zero-order chi connectivity index (χ0) is 11.4. The lowest BCUT2D eigenvalue weighted by Gasteiger charge is -2.09. The number of hydrogen-bond donors (Lipinski definition) is 0. The molecule has 0 bridgehead atoms. The number of rotatable bonds is 5. The van der Waals surface area contributed by atoms with Crippen molar-refractivity contribution in [1.82, 2.24) is 0 Å². The highest BCUT2D eigenvalue weighted by Gasteiger charge is 2.16. The molecule has 3 heteroatoms. The Kier molecular flexibility index (Phi) is 3.78. The Morgan fingerprint density at radius 3 is 2.94 bits per heavy atom. The maximum absolute atomic E-state index is 13.6. The van der Waals surface area contributed by atoms with Crippen LogP contribution >= 0.6 is 0 Å². The first-order valence-electron chi connectivity index (χ1n) is 5.83. The van der Waals surface area contributed by atoms with E-state index in [0.29, 0.717) is 25.6 Å². The molecule has 0 amide bonds. The Hall–Kier alpha value is -1.09. The summed E-state index contributed by atoms with van der Waals surface area (Å²) in [5.41, 5.74) is 1.98. The van der Waals surface area contributed by atoms with Crippen molar-refractivity contribution in [3.63, 3.8) is 0 Å². The van der Waals surface area contributed by atoms with Crippen LogP contribution in [0.2, 0.25) is 0 Å². The van der Waals surface area contributed by atoms with Gasteiger partial charge in [-0.3, -0.25) is 0 Å². The van der Waals surface area contributed by atoms with Gasteiger partial charge in [-0.2, -0.15) is 0 Å². The van der Waals surface area contributed by atoms with Gasteiger partial charge >= 0.3 is 0 Å². The van der Waals surface area contributed by atoms with E-state index >= 15 is 0 Å². The molecule has 1 aliphatic carbocycles. The highest BCUT2D eigenvalue weighted by atomic mass is 19.1. The molecule has 2 nitrogen and oxygen atoms in total. The lowest BCUT2D eigenvalue weighted by molar-refractivity contribution is 0.110. The van der Waals surface area contributed by atoms with Crippen molar-refractivity contribution in [1.29, 1.82) is 0 Å². The van der Waals surface area contributed by atoms with Crippen LogP contribution in [-0.2, 0) is 17.6 Å². The Bertz CT molecular complexity index is 363. The van der Waals surface area contributed by atoms with E-state index in [1.54, 1.807) is 0 Å². The molecule has 0 saturated heterocycles. The van der Waals surface area contributed by atoms with Crippen LogP contribution in [0.15, 0.2) is 12.1 Å². The standard InChI is InChI=1S/C13H17FO2/c1-2-15-6-7-16-11-8-10-4-3-5-12(10)13(14)9-11/h8-9H,2-7H2,1H3. The van der Waals surface area contributed by atoms with Crippen molar-refractivity contribution in [2.75, 3.05) is 19.8 Å². The van der Waals surface area contributed by atoms with E-state index in [1.807, 2.05) is 13.0 Å². The summed E-state index contributed by atoms with van der Waals surface area (Å²) in [4.78, 5) is 0.